The number of anilines is 2. The van der Waals surface area contributed by atoms with Crippen molar-refractivity contribution >= 4 is 35.7 Å². The van der Waals surface area contributed by atoms with Crippen molar-refractivity contribution in [1.29, 1.82) is 0 Å². The predicted molar refractivity (Wildman–Crippen MR) is 152 cm³/mol. The van der Waals surface area contributed by atoms with Crippen LogP contribution in [0.1, 0.15) is 43.2 Å². The van der Waals surface area contributed by atoms with Gasteiger partial charge >= 0.3 is 12.2 Å². The Bertz CT molecular complexity index is 1560. The van der Waals surface area contributed by atoms with Crippen LogP contribution in [0.3, 0.4) is 0 Å². The Morgan fingerprint density at radius 3 is 2.57 bits per heavy atom. The zero-order valence-electron chi connectivity index (χ0n) is 22.5. The fourth-order valence-electron chi connectivity index (χ4n) is 4.73. The number of alkyl halides is 3. The van der Waals surface area contributed by atoms with E-state index in [1.54, 1.807) is 12.1 Å². The molecular formula is C29H28F3N7O3. The Morgan fingerprint density at radius 2 is 1.88 bits per heavy atom. The molecule has 0 spiro atoms. The van der Waals surface area contributed by atoms with Gasteiger partial charge in [-0.1, -0.05) is 53.6 Å². The van der Waals surface area contributed by atoms with Crippen LogP contribution in [0.25, 0.3) is 5.70 Å². The molecule has 2 aromatic carbocycles. The molecule has 1 aliphatic carbocycles. The Hall–Kier alpha value is -4.78. The highest BCUT2D eigenvalue weighted by Crippen LogP contribution is 2.30. The Balaban J connectivity index is 1.49. The van der Waals surface area contributed by atoms with E-state index in [0.29, 0.717) is 36.2 Å². The highest BCUT2D eigenvalue weighted by Gasteiger charge is 2.33. The van der Waals surface area contributed by atoms with E-state index >= 15 is 0 Å². The van der Waals surface area contributed by atoms with E-state index in [1.807, 2.05) is 42.5 Å². The van der Waals surface area contributed by atoms with E-state index in [4.69, 9.17) is 4.42 Å². The number of hydrogen-bond acceptors (Lipinski definition) is 9. The maximum atomic E-state index is 13.4. The second kappa shape index (κ2) is 12.0. The first kappa shape index (κ1) is 28.7. The van der Waals surface area contributed by atoms with Gasteiger partial charge in [-0.15, -0.1) is 5.10 Å². The predicted octanol–water partition coefficient (Wildman–Crippen LogP) is 4.68. The number of aliphatic imine (C=N–C) groups is 2. The molecule has 0 bridgehead atoms. The van der Waals surface area contributed by atoms with Crippen LogP contribution in [0.2, 0.25) is 0 Å². The van der Waals surface area contributed by atoms with Gasteiger partial charge in [-0.05, 0) is 45.0 Å². The van der Waals surface area contributed by atoms with Crippen LogP contribution in [-0.4, -0.2) is 58.1 Å². The molecule has 42 heavy (non-hydrogen) atoms. The molecule has 2 aliphatic rings. The summed E-state index contributed by atoms with van der Waals surface area (Å²) in [7, 11) is 0. The first-order chi connectivity index (χ1) is 20.1. The molecule has 10 nitrogen and oxygen atoms in total. The summed E-state index contributed by atoms with van der Waals surface area (Å²) in [5.41, 5.74) is 1.46. The minimum Gasteiger partial charge on any atom is -0.402 e. The zero-order chi connectivity index (χ0) is 29.9. The van der Waals surface area contributed by atoms with Crippen LogP contribution in [-0.2, 0) is 4.79 Å². The topological polar surface area (TPSA) is 137 Å². The van der Waals surface area contributed by atoms with Gasteiger partial charge in [0.15, 0.2) is 0 Å². The van der Waals surface area contributed by atoms with Crippen molar-refractivity contribution in [2.75, 3.05) is 10.6 Å². The fraction of sp³-hybridized carbons (Fsp3) is 0.276. The van der Waals surface area contributed by atoms with Gasteiger partial charge in [0.25, 0.3) is 11.8 Å². The lowest BCUT2D eigenvalue weighted by molar-refractivity contribution is -0.116. The number of amides is 1. The van der Waals surface area contributed by atoms with Gasteiger partial charge in [0.2, 0.25) is 6.17 Å². The third-order valence-corrected chi connectivity index (χ3v) is 6.92. The maximum absolute atomic E-state index is 13.4. The number of rotatable bonds is 8. The maximum Gasteiger partial charge on any atom is 0.412 e. The summed E-state index contributed by atoms with van der Waals surface area (Å²) in [6.07, 6.45) is -3.92. The molecule has 1 saturated carbocycles. The summed E-state index contributed by atoms with van der Waals surface area (Å²) >= 11 is 0. The standard InChI is InChI=1S/C29H28F3N7O3/c1-16(29(30,31)32)15-21(34-20-13-8-14-22(20)40)24(33-2)27-38-39-28(42-27)37-25-26(41)35-19-12-7-6-11-18(19)23(36-25)17-9-4-3-5-10-17/h3-7,9-12,15,20,22,25,34,40H,2,8,13-14H2,1H3,(H,35,41)(H,37,39)/b16-15+,24-21+/t20-,22+,25-/m1/s1. The minimum atomic E-state index is -4.60. The van der Waals surface area contributed by atoms with Crippen molar-refractivity contribution in [3.63, 3.8) is 0 Å². The van der Waals surface area contributed by atoms with Gasteiger partial charge in [-0.2, -0.15) is 13.2 Å². The zero-order valence-corrected chi connectivity index (χ0v) is 22.5. The lowest BCUT2D eigenvalue weighted by atomic mass is 10.0. The molecule has 0 saturated heterocycles. The van der Waals surface area contributed by atoms with Crippen molar-refractivity contribution in [3.8, 4) is 0 Å². The molecule has 1 fully saturated rings. The number of para-hydroxylation sites is 1. The van der Waals surface area contributed by atoms with Gasteiger partial charge in [0, 0.05) is 16.7 Å². The van der Waals surface area contributed by atoms with Crippen LogP contribution in [0.4, 0.5) is 24.9 Å². The van der Waals surface area contributed by atoms with Crippen LogP contribution in [0, 0.1) is 0 Å². The average molecular weight is 580 g/mol. The molecule has 4 N–H and O–H groups in total. The number of benzodiazepines with no additional fused rings is 1. The summed E-state index contributed by atoms with van der Waals surface area (Å²) in [5.74, 6) is -0.745. The molecule has 13 heteroatoms. The first-order valence-corrected chi connectivity index (χ1v) is 13.2. The summed E-state index contributed by atoms with van der Waals surface area (Å²) in [4.78, 5) is 21.7. The Morgan fingerprint density at radius 1 is 1.14 bits per heavy atom. The third-order valence-electron chi connectivity index (χ3n) is 6.92. The number of aliphatic hydroxyl groups excluding tert-OH is 1. The fourth-order valence-corrected chi connectivity index (χ4v) is 4.73. The molecule has 1 aromatic heterocycles. The van der Waals surface area contributed by atoms with E-state index in [1.165, 1.54) is 0 Å². The highest BCUT2D eigenvalue weighted by atomic mass is 19.4. The number of aromatic nitrogens is 2. The van der Waals surface area contributed by atoms with Crippen LogP contribution >= 0.6 is 0 Å². The first-order valence-electron chi connectivity index (χ1n) is 13.2. The van der Waals surface area contributed by atoms with E-state index in [0.717, 1.165) is 18.6 Å². The molecule has 3 aromatic rings. The van der Waals surface area contributed by atoms with Crippen LogP contribution < -0.4 is 16.0 Å². The van der Waals surface area contributed by atoms with Gasteiger partial charge in [0.1, 0.15) is 5.70 Å². The van der Waals surface area contributed by atoms with Gasteiger partial charge in [-0.3, -0.25) is 9.79 Å². The number of fused-ring (bicyclic) bond motifs is 1. The van der Waals surface area contributed by atoms with E-state index in [2.05, 4.69) is 42.9 Å². The molecule has 1 amide bonds. The van der Waals surface area contributed by atoms with Crippen molar-refractivity contribution in [2.45, 2.75) is 50.7 Å². The monoisotopic (exact) mass is 579 g/mol. The van der Waals surface area contributed by atoms with Crippen LogP contribution in [0.15, 0.2) is 86.3 Å². The normalized spacial score (nSPS) is 21.5. The SMILES string of the molecule is C=N/C(=C(\C=C(/C)C(F)(F)F)N[C@@H]1CCC[C@@H]1O)c1nnc(N[C@H]2N=C(c3ccccc3)c3ccccc3NC2=O)o1. The third kappa shape index (κ3) is 6.25. The minimum absolute atomic E-state index is 0.0898. The number of benzene rings is 2. The smallest absolute Gasteiger partial charge is 0.402 e. The van der Waals surface area contributed by atoms with Crippen molar-refractivity contribution in [3.05, 3.63) is 89.0 Å². The molecule has 218 valence electrons. The lowest BCUT2D eigenvalue weighted by Gasteiger charge is -2.20. The number of hydrogen-bond donors (Lipinski definition) is 4. The number of nitrogens with one attached hydrogen (secondary N) is 3. The van der Waals surface area contributed by atoms with Gasteiger partial charge < -0.3 is 25.5 Å². The molecular weight excluding hydrogens is 551 g/mol. The molecule has 1 aliphatic heterocycles. The van der Waals surface area contributed by atoms with Gasteiger partial charge in [-0.25, -0.2) is 4.99 Å². The molecule has 3 atom stereocenters. The largest absolute Gasteiger partial charge is 0.412 e. The van der Waals surface area contributed by atoms with Crippen molar-refractivity contribution in [2.24, 2.45) is 9.98 Å². The number of allylic oxidation sites excluding steroid dienone is 2. The highest BCUT2D eigenvalue weighted by molar-refractivity contribution is 6.19. The molecule has 0 radical (unpaired) electrons. The summed E-state index contributed by atoms with van der Waals surface area (Å²) < 4.78 is 46.0. The van der Waals surface area contributed by atoms with Crippen LogP contribution in [0.5, 0.6) is 0 Å². The molecule has 5 rings (SSSR count). The van der Waals surface area contributed by atoms with E-state index < -0.39 is 36.0 Å². The number of halogens is 3. The molecule has 0 unspecified atom stereocenters. The summed E-state index contributed by atoms with van der Waals surface area (Å²) in [6, 6.07) is 15.8. The summed E-state index contributed by atoms with van der Waals surface area (Å²) in [6.45, 7) is 4.40. The van der Waals surface area contributed by atoms with Crippen molar-refractivity contribution in [1.82, 2.24) is 15.5 Å². The average Bonchev–Trinajstić information content (AvgIpc) is 3.56. The number of carbonyl (C=O) groups is 1. The Kier molecular flexibility index (Phi) is 8.20. The molecule has 2 heterocycles. The quantitative estimate of drug-likeness (QED) is 0.225. The van der Waals surface area contributed by atoms with E-state index in [9.17, 15) is 23.1 Å². The van der Waals surface area contributed by atoms with Crippen molar-refractivity contribution < 1.29 is 27.5 Å². The number of aliphatic hydroxyl groups is 1. The Labute approximate surface area is 239 Å². The number of carbonyl (C=O) groups excluding carboxylic acids is 1. The number of nitrogens with zero attached hydrogens (tertiary/aromatic N) is 4. The lowest BCUT2D eigenvalue weighted by Crippen LogP contribution is -2.35. The van der Waals surface area contributed by atoms with E-state index in [-0.39, 0.29) is 23.3 Å². The summed E-state index contributed by atoms with van der Waals surface area (Å²) in [5, 5.41) is 26.7. The second-order valence-corrected chi connectivity index (χ2v) is 9.83. The second-order valence-electron chi connectivity index (χ2n) is 9.83. The van der Waals surface area contributed by atoms with Gasteiger partial charge in [0.05, 0.1) is 29.2 Å².